The molecule has 0 bridgehead atoms. The maximum absolute atomic E-state index is 11.2. The van der Waals surface area contributed by atoms with Crippen molar-refractivity contribution in [3.63, 3.8) is 0 Å². The summed E-state index contributed by atoms with van der Waals surface area (Å²) in [6, 6.07) is 0.424. The molecule has 1 fully saturated rings. The van der Waals surface area contributed by atoms with Crippen LogP contribution in [-0.4, -0.2) is 17.1 Å². The van der Waals surface area contributed by atoms with Crippen LogP contribution in [-0.2, 0) is 4.79 Å². The third-order valence-corrected chi connectivity index (χ3v) is 4.08. The summed E-state index contributed by atoms with van der Waals surface area (Å²) in [4.78, 5) is 11.2. The van der Waals surface area contributed by atoms with E-state index in [-0.39, 0.29) is 5.91 Å². The molecule has 1 rings (SSSR count). The van der Waals surface area contributed by atoms with Crippen molar-refractivity contribution < 1.29 is 4.79 Å². The fourth-order valence-electron chi connectivity index (χ4n) is 2.54. The Hall–Kier alpha value is -0.640. The number of carbonyl (C=O) groups is 1. The molecule has 0 heterocycles. The van der Waals surface area contributed by atoms with Crippen molar-refractivity contribution in [3.8, 4) is 0 Å². The number of hydrogen-bond acceptors (Lipinski definition) is 2. The van der Waals surface area contributed by atoms with E-state index in [1.165, 1.54) is 12.8 Å². The van der Waals surface area contributed by atoms with Crippen LogP contribution >= 0.6 is 12.2 Å². The molecule has 104 valence electrons. The molecule has 0 spiro atoms. The van der Waals surface area contributed by atoms with Gasteiger partial charge in [0.1, 0.15) is 0 Å². The molecule has 0 unspecified atom stereocenters. The van der Waals surface area contributed by atoms with Crippen molar-refractivity contribution in [2.45, 2.75) is 65.8 Å². The van der Waals surface area contributed by atoms with Gasteiger partial charge in [0.05, 0.1) is 0 Å². The summed E-state index contributed by atoms with van der Waals surface area (Å²) in [6.07, 6.45) is 5.24. The first-order valence-corrected chi connectivity index (χ1v) is 7.34. The van der Waals surface area contributed by atoms with Crippen LogP contribution in [0.4, 0.5) is 0 Å². The number of hydrogen-bond donors (Lipinski definition) is 2. The van der Waals surface area contributed by atoms with Gasteiger partial charge in [-0.3, -0.25) is 4.79 Å². The average Bonchev–Trinajstić information content (AvgIpc) is 2.28. The number of carbonyl (C=O) groups excluding carboxylic acids is 1. The van der Waals surface area contributed by atoms with Crippen molar-refractivity contribution in [2.24, 2.45) is 11.3 Å². The quantitative estimate of drug-likeness (QED) is 0.758. The minimum Gasteiger partial charge on any atom is -0.360 e. The van der Waals surface area contributed by atoms with E-state index in [2.05, 4.69) is 31.4 Å². The molecule has 0 aromatic rings. The molecule has 0 saturated heterocycles. The molecule has 1 aliphatic rings. The second-order valence-electron chi connectivity index (χ2n) is 6.29. The van der Waals surface area contributed by atoms with E-state index in [1.54, 1.807) is 0 Å². The Balaban J connectivity index is 2.31. The van der Waals surface area contributed by atoms with Gasteiger partial charge in [-0.1, -0.05) is 27.7 Å². The minimum atomic E-state index is -0.0177. The maximum atomic E-state index is 11.2. The Morgan fingerprint density at radius 3 is 2.22 bits per heavy atom. The molecule has 0 atom stereocenters. The van der Waals surface area contributed by atoms with Gasteiger partial charge in [-0.05, 0) is 49.2 Å². The van der Waals surface area contributed by atoms with Gasteiger partial charge in [0.2, 0.25) is 5.91 Å². The first-order valence-electron chi connectivity index (χ1n) is 6.93. The lowest BCUT2D eigenvalue weighted by atomic mass is 9.71. The van der Waals surface area contributed by atoms with E-state index in [0.29, 0.717) is 23.0 Å². The highest BCUT2D eigenvalue weighted by Gasteiger charge is 2.29. The first kappa shape index (κ1) is 15.4. The van der Waals surface area contributed by atoms with Crippen molar-refractivity contribution >= 4 is 23.2 Å². The normalized spacial score (nSPS) is 24.4. The number of amides is 1. The zero-order valence-electron chi connectivity index (χ0n) is 12.0. The van der Waals surface area contributed by atoms with Gasteiger partial charge in [0.15, 0.2) is 5.11 Å². The second kappa shape index (κ2) is 6.50. The lowest BCUT2D eigenvalue weighted by Crippen LogP contribution is -2.46. The predicted molar refractivity (Wildman–Crippen MR) is 79.4 cm³/mol. The zero-order valence-corrected chi connectivity index (χ0v) is 12.8. The van der Waals surface area contributed by atoms with Crippen molar-refractivity contribution in [2.75, 3.05) is 0 Å². The van der Waals surface area contributed by atoms with E-state index in [9.17, 15) is 4.79 Å². The predicted octanol–water partition coefficient (Wildman–Crippen LogP) is 2.99. The van der Waals surface area contributed by atoms with E-state index in [4.69, 9.17) is 12.2 Å². The molecule has 1 aliphatic carbocycles. The topological polar surface area (TPSA) is 41.1 Å². The molecule has 18 heavy (non-hydrogen) atoms. The average molecular weight is 270 g/mol. The SMILES string of the molecule is CCC(=O)NC(=S)NC1CCC(C(C)(C)C)CC1. The highest BCUT2D eigenvalue weighted by molar-refractivity contribution is 7.80. The summed E-state index contributed by atoms with van der Waals surface area (Å²) in [5.41, 5.74) is 0.405. The van der Waals surface area contributed by atoms with Crippen LogP contribution in [0.3, 0.4) is 0 Å². The smallest absolute Gasteiger partial charge is 0.225 e. The van der Waals surface area contributed by atoms with Crippen LogP contribution in [0.5, 0.6) is 0 Å². The zero-order chi connectivity index (χ0) is 13.8. The monoisotopic (exact) mass is 270 g/mol. The molecule has 0 aromatic carbocycles. The Morgan fingerprint density at radius 2 is 1.78 bits per heavy atom. The summed E-state index contributed by atoms with van der Waals surface area (Å²) in [6.45, 7) is 8.78. The molecule has 1 saturated carbocycles. The molecule has 0 radical (unpaired) electrons. The molecule has 0 aromatic heterocycles. The molecule has 3 nitrogen and oxygen atoms in total. The van der Waals surface area contributed by atoms with E-state index < -0.39 is 0 Å². The van der Waals surface area contributed by atoms with Gasteiger partial charge in [0.25, 0.3) is 0 Å². The fraction of sp³-hybridized carbons (Fsp3) is 0.857. The van der Waals surface area contributed by atoms with E-state index in [0.717, 1.165) is 18.8 Å². The van der Waals surface area contributed by atoms with Crippen LogP contribution in [0.1, 0.15) is 59.8 Å². The Bertz CT molecular complexity index is 301. The molecular weight excluding hydrogens is 244 g/mol. The summed E-state index contributed by atoms with van der Waals surface area (Å²) in [5.74, 6) is 0.783. The van der Waals surface area contributed by atoms with Gasteiger partial charge in [-0.15, -0.1) is 0 Å². The first-order chi connectivity index (χ1) is 8.32. The summed E-state index contributed by atoms with van der Waals surface area (Å²) >= 11 is 5.14. The largest absolute Gasteiger partial charge is 0.360 e. The summed E-state index contributed by atoms with van der Waals surface area (Å²) in [5, 5.41) is 6.44. The van der Waals surface area contributed by atoms with Gasteiger partial charge in [0, 0.05) is 12.5 Å². The lowest BCUT2D eigenvalue weighted by molar-refractivity contribution is -0.119. The van der Waals surface area contributed by atoms with Crippen LogP contribution < -0.4 is 10.6 Å². The van der Waals surface area contributed by atoms with Gasteiger partial charge in [-0.2, -0.15) is 0 Å². The van der Waals surface area contributed by atoms with Crippen molar-refractivity contribution in [1.82, 2.24) is 10.6 Å². The van der Waals surface area contributed by atoms with Gasteiger partial charge < -0.3 is 10.6 Å². The van der Waals surface area contributed by atoms with E-state index >= 15 is 0 Å². The highest BCUT2D eigenvalue weighted by Crippen LogP contribution is 2.37. The molecule has 2 N–H and O–H groups in total. The molecule has 4 heteroatoms. The Morgan fingerprint density at radius 1 is 1.22 bits per heavy atom. The summed E-state index contributed by atoms with van der Waals surface area (Å²) < 4.78 is 0. The number of thiocarbonyl (C=S) groups is 1. The van der Waals surface area contributed by atoms with E-state index in [1.807, 2.05) is 6.92 Å². The van der Waals surface area contributed by atoms with Crippen molar-refractivity contribution in [1.29, 1.82) is 0 Å². The third kappa shape index (κ3) is 4.92. The summed E-state index contributed by atoms with van der Waals surface area (Å²) in [7, 11) is 0. The van der Waals surface area contributed by atoms with Gasteiger partial charge >= 0.3 is 0 Å². The number of nitrogens with one attached hydrogen (secondary N) is 2. The molecular formula is C14H26N2OS. The Kier molecular flexibility index (Phi) is 5.57. The second-order valence-corrected chi connectivity index (χ2v) is 6.70. The lowest BCUT2D eigenvalue weighted by Gasteiger charge is -2.37. The highest BCUT2D eigenvalue weighted by atomic mass is 32.1. The van der Waals surface area contributed by atoms with Crippen LogP contribution in [0.2, 0.25) is 0 Å². The third-order valence-electron chi connectivity index (χ3n) is 3.86. The minimum absolute atomic E-state index is 0.0177. The molecule has 1 amide bonds. The maximum Gasteiger partial charge on any atom is 0.225 e. The van der Waals surface area contributed by atoms with Crippen LogP contribution in [0.15, 0.2) is 0 Å². The molecule has 0 aliphatic heterocycles. The fourth-order valence-corrected chi connectivity index (χ4v) is 2.82. The van der Waals surface area contributed by atoms with Crippen LogP contribution in [0, 0.1) is 11.3 Å². The Labute approximate surface area is 116 Å². The van der Waals surface area contributed by atoms with Crippen LogP contribution in [0.25, 0.3) is 0 Å². The standard InChI is InChI=1S/C14H26N2OS/c1-5-12(17)16-13(18)15-11-8-6-10(7-9-11)14(2,3)4/h10-11H,5-9H2,1-4H3,(H2,15,16,17,18). The van der Waals surface area contributed by atoms with Gasteiger partial charge in [-0.25, -0.2) is 0 Å². The number of rotatable bonds is 2. The van der Waals surface area contributed by atoms with Crippen molar-refractivity contribution in [3.05, 3.63) is 0 Å².